The van der Waals surface area contributed by atoms with Gasteiger partial charge in [0, 0.05) is 58.7 Å². The van der Waals surface area contributed by atoms with Crippen LogP contribution >= 0.6 is 24.0 Å². The van der Waals surface area contributed by atoms with Crippen molar-refractivity contribution >= 4 is 41.5 Å². The molecule has 0 atom stereocenters. The second-order valence-corrected chi connectivity index (χ2v) is 7.43. The summed E-state index contributed by atoms with van der Waals surface area (Å²) < 4.78 is 5.63. The lowest BCUT2D eigenvalue weighted by Gasteiger charge is -2.36. The van der Waals surface area contributed by atoms with Crippen LogP contribution in [0.15, 0.2) is 35.3 Å². The first-order chi connectivity index (χ1) is 13.8. The summed E-state index contributed by atoms with van der Waals surface area (Å²) in [5.74, 6) is 1.59. The maximum atomic E-state index is 12.5. The molecule has 0 bridgehead atoms. The molecule has 1 aliphatic carbocycles. The number of nitrogens with zero attached hydrogens (tertiary/aromatic N) is 3. The molecule has 2 aliphatic rings. The lowest BCUT2D eigenvalue weighted by atomic mass is 10.2. The summed E-state index contributed by atoms with van der Waals surface area (Å²) in [6.07, 6.45) is 3.58. The van der Waals surface area contributed by atoms with Crippen LogP contribution in [0.4, 0.5) is 5.69 Å². The van der Waals surface area contributed by atoms with Crippen LogP contribution in [0, 0.1) is 5.92 Å². The van der Waals surface area contributed by atoms with Gasteiger partial charge >= 0.3 is 0 Å². The monoisotopic (exact) mass is 515 g/mol. The quantitative estimate of drug-likeness (QED) is 0.228. The Bertz CT molecular complexity index is 631. The third kappa shape index (κ3) is 8.38. The summed E-state index contributed by atoms with van der Waals surface area (Å²) in [5.41, 5.74) is 1.22. The van der Waals surface area contributed by atoms with Gasteiger partial charge in [0.15, 0.2) is 5.96 Å². The predicted octanol–water partition coefficient (Wildman–Crippen LogP) is 1.93. The van der Waals surface area contributed by atoms with Gasteiger partial charge in [0.1, 0.15) is 0 Å². The minimum Gasteiger partial charge on any atom is -0.381 e. The van der Waals surface area contributed by atoms with Gasteiger partial charge in [0.25, 0.3) is 0 Å². The van der Waals surface area contributed by atoms with Gasteiger partial charge in [-0.05, 0) is 37.3 Å². The Hall–Kier alpha value is -1.55. The maximum Gasteiger partial charge on any atom is 0.242 e. The van der Waals surface area contributed by atoms with Crippen molar-refractivity contribution in [3.8, 4) is 0 Å². The van der Waals surface area contributed by atoms with Crippen molar-refractivity contribution in [3.05, 3.63) is 30.3 Å². The Morgan fingerprint density at radius 2 is 1.86 bits per heavy atom. The fraction of sp³-hybridized carbons (Fsp3) is 0.619. The van der Waals surface area contributed by atoms with Crippen LogP contribution in [0.1, 0.15) is 19.3 Å². The number of nitrogens with one attached hydrogen (secondary N) is 2. The number of ether oxygens (including phenoxy) is 1. The average Bonchev–Trinajstić information content (AvgIpc) is 3.57. The van der Waals surface area contributed by atoms with Crippen LogP contribution in [0.5, 0.6) is 0 Å². The molecule has 2 N–H and O–H groups in total. The second-order valence-electron chi connectivity index (χ2n) is 7.43. The number of carbonyl (C=O) groups is 1. The Morgan fingerprint density at radius 3 is 2.52 bits per heavy atom. The minimum atomic E-state index is 0. The summed E-state index contributed by atoms with van der Waals surface area (Å²) >= 11 is 0. The topological polar surface area (TPSA) is 69.2 Å². The highest BCUT2D eigenvalue weighted by Gasteiger charge is 2.21. The van der Waals surface area contributed by atoms with Crippen LogP contribution in [-0.4, -0.2) is 76.3 Å². The van der Waals surface area contributed by atoms with E-state index in [1.165, 1.54) is 18.5 Å². The van der Waals surface area contributed by atoms with Gasteiger partial charge in [0.05, 0.1) is 6.54 Å². The van der Waals surface area contributed by atoms with Crippen molar-refractivity contribution in [1.29, 1.82) is 0 Å². The van der Waals surface area contributed by atoms with Crippen LogP contribution in [0.3, 0.4) is 0 Å². The number of guanidine groups is 1. The fourth-order valence-electron chi connectivity index (χ4n) is 3.26. The van der Waals surface area contributed by atoms with E-state index in [4.69, 9.17) is 4.74 Å². The summed E-state index contributed by atoms with van der Waals surface area (Å²) in [6, 6.07) is 10.4. The number of anilines is 1. The van der Waals surface area contributed by atoms with Crippen molar-refractivity contribution in [2.45, 2.75) is 19.3 Å². The largest absolute Gasteiger partial charge is 0.381 e. The third-order valence-corrected chi connectivity index (χ3v) is 5.19. The van der Waals surface area contributed by atoms with Gasteiger partial charge < -0.3 is 25.2 Å². The van der Waals surface area contributed by atoms with Gasteiger partial charge in [-0.2, -0.15) is 0 Å². The van der Waals surface area contributed by atoms with E-state index >= 15 is 0 Å². The van der Waals surface area contributed by atoms with E-state index in [0.29, 0.717) is 5.96 Å². The molecule has 2 fully saturated rings. The Morgan fingerprint density at radius 1 is 1.14 bits per heavy atom. The molecule has 1 heterocycles. The SMILES string of the molecule is CN=C(NCCCOCC1CC1)NCC(=O)N1CCN(c2ccccc2)CC1.I. The highest BCUT2D eigenvalue weighted by Crippen LogP contribution is 2.28. The molecule has 1 saturated carbocycles. The molecule has 8 heteroatoms. The number of para-hydroxylation sites is 1. The van der Waals surface area contributed by atoms with Gasteiger partial charge in [-0.1, -0.05) is 18.2 Å². The van der Waals surface area contributed by atoms with E-state index in [0.717, 1.165) is 58.3 Å². The number of benzene rings is 1. The van der Waals surface area contributed by atoms with E-state index in [1.807, 2.05) is 11.0 Å². The molecule has 3 rings (SSSR count). The van der Waals surface area contributed by atoms with E-state index in [2.05, 4.69) is 44.8 Å². The number of piperazine rings is 1. The molecule has 0 unspecified atom stereocenters. The number of hydrogen-bond acceptors (Lipinski definition) is 4. The molecule has 29 heavy (non-hydrogen) atoms. The number of halogens is 1. The normalized spacial score (nSPS) is 16.9. The first-order valence-electron chi connectivity index (χ1n) is 10.4. The molecule has 1 aromatic carbocycles. The minimum absolute atomic E-state index is 0. The molecule has 1 aliphatic heterocycles. The number of rotatable bonds is 9. The molecular weight excluding hydrogens is 481 g/mol. The first kappa shape index (κ1) is 23.7. The third-order valence-electron chi connectivity index (χ3n) is 5.19. The molecule has 1 saturated heterocycles. The lowest BCUT2D eigenvalue weighted by Crippen LogP contribution is -2.52. The smallest absolute Gasteiger partial charge is 0.242 e. The molecule has 0 radical (unpaired) electrons. The van der Waals surface area contributed by atoms with Crippen LogP contribution in [0.25, 0.3) is 0 Å². The second kappa shape index (κ2) is 12.9. The van der Waals surface area contributed by atoms with Crippen LogP contribution < -0.4 is 15.5 Å². The molecule has 0 spiro atoms. The summed E-state index contributed by atoms with van der Waals surface area (Å²) in [6.45, 7) is 5.95. The van der Waals surface area contributed by atoms with Crippen molar-refractivity contribution in [3.63, 3.8) is 0 Å². The van der Waals surface area contributed by atoms with Gasteiger partial charge in [0.2, 0.25) is 5.91 Å². The van der Waals surface area contributed by atoms with Crippen molar-refractivity contribution in [2.24, 2.45) is 10.9 Å². The van der Waals surface area contributed by atoms with Crippen molar-refractivity contribution in [1.82, 2.24) is 15.5 Å². The number of aliphatic imine (C=N–C) groups is 1. The zero-order chi connectivity index (χ0) is 19.6. The summed E-state index contributed by atoms with van der Waals surface area (Å²) in [7, 11) is 1.72. The molecule has 7 nitrogen and oxygen atoms in total. The number of amides is 1. The lowest BCUT2D eigenvalue weighted by molar-refractivity contribution is -0.130. The fourth-order valence-corrected chi connectivity index (χ4v) is 3.26. The standard InChI is InChI=1S/C21H33N5O2.HI/c1-22-21(23-10-5-15-28-17-18-8-9-18)24-16-20(27)26-13-11-25(12-14-26)19-6-3-2-4-7-19;/h2-4,6-7,18H,5,8-17H2,1H3,(H2,22,23,24);1H. The van der Waals surface area contributed by atoms with Crippen molar-refractivity contribution < 1.29 is 9.53 Å². The average molecular weight is 515 g/mol. The van der Waals surface area contributed by atoms with E-state index in [-0.39, 0.29) is 36.4 Å². The maximum absolute atomic E-state index is 12.5. The molecule has 1 aromatic rings. The summed E-state index contributed by atoms with van der Waals surface area (Å²) in [5, 5.41) is 6.36. The van der Waals surface area contributed by atoms with E-state index < -0.39 is 0 Å². The van der Waals surface area contributed by atoms with Crippen LogP contribution in [0.2, 0.25) is 0 Å². The van der Waals surface area contributed by atoms with E-state index in [1.54, 1.807) is 7.05 Å². The molecule has 1 amide bonds. The first-order valence-corrected chi connectivity index (χ1v) is 10.4. The van der Waals surface area contributed by atoms with Gasteiger partial charge in [-0.25, -0.2) is 0 Å². The summed E-state index contributed by atoms with van der Waals surface area (Å²) in [4.78, 5) is 20.9. The van der Waals surface area contributed by atoms with Gasteiger partial charge in [-0.15, -0.1) is 24.0 Å². The zero-order valence-electron chi connectivity index (χ0n) is 17.3. The highest BCUT2D eigenvalue weighted by molar-refractivity contribution is 14.0. The van der Waals surface area contributed by atoms with Gasteiger partial charge in [-0.3, -0.25) is 9.79 Å². The molecular formula is C21H34IN5O2. The Kier molecular flexibility index (Phi) is 10.5. The predicted molar refractivity (Wildman–Crippen MR) is 128 cm³/mol. The Balaban J connectivity index is 0.00000300. The Labute approximate surface area is 191 Å². The number of hydrogen-bond donors (Lipinski definition) is 2. The van der Waals surface area contributed by atoms with Crippen molar-refractivity contribution in [2.75, 3.05) is 64.4 Å². The number of carbonyl (C=O) groups excluding carboxylic acids is 1. The zero-order valence-corrected chi connectivity index (χ0v) is 19.6. The highest BCUT2D eigenvalue weighted by atomic mass is 127. The molecule has 162 valence electrons. The van der Waals surface area contributed by atoms with E-state index in [9.17, 15) is 4.79 Å². The molecule has 0 aromatic heterocycles. The van der Waals surface area contributed by atoms with Crippen LogP contribution in [-0.2, 0) is 9.53 Å².